The van der Waals surface area contributed by atoms with E-state index < -0.39 is 23.1 Å². The molecule has 0 bridgehead atoms. The maximum absolute atomic E-state index is 12.2. The van der Waals surface area contributed by atoms with Crippen LogP contribution in [-0.4, -0.2) is 92.6 Å². The second-order valence-electron chi connectivity index (χ2n) is 14.4. The Balaban J connectivity index is 0.000000672. The summed E-state index contributed by atoms with van der Waals surface area (Å²) in [5, 5.41) is 14.8. The predicted octanol–water partition coefficient (Wildman–Crippen LogP) is 4.68. The Morgan fingerprint density at radius 3 is 1.19 bits per heavy atom. The van der Waals surface area contributed by atoms with E-state index in [4.69, 9.17) is 40.7 Å². The van der Waals surface area contributed by atoms with Crippen molar-refractivity contribution in [1.29, 1.82) is 0 Å². The molecule has 2 aliphatic heterocycles. The highest BCUT2D eigenvalue weighted by Gasteiger charge is 2.43. The molecule has 42 heavy (non-hydrogen) atoms. The van der Waals surface area contributed by atoms with Crippen LogP contribution in [0.1, 0.15) is 108 Å². The Morgan fingerprint density at radius 2 is 0.976 bits per heavy atom. The zero-order chi connectivity index (χ0) is 33.1. The zero-order valence-corrected chi connectivity index (χ0v) is 27.6. The molecule has 12 nitrogen and oxygen atoms in total. The van der Waals surface area contributed by atoms with E-state index in [-0.39, 0.29) is 23.3 Å². The van der Waals surface area contributed by atoms with E-state index in [1.54, 1.807) is 0 Å². The van der Waals surface area contributed by atoms with Crippen molar-refractivity contribution in [2.75, 3.05) is 26.2 Å². The summed E-state index contributed by atoms with van der Waals surface area (Å²) >= 11 is 0. The molecule has 0 aromatic heterocycles. The minimum Gasteiger partial charge on any atom is -0.473 e. The molecule has 0 radical (unpaired) electrons. The standard InChI is InChI=1S/2C14H28N2O2.C2H2O4/c2*1-13(2,3)18-12(17)16-10-11(7-6-8-15)9-14(16,4)5;3-1(4)2(5)6/h2*11H,6-10,15H2,1-5H3;(H,3,4)(H,5,6)/t2*11-;/m00./s1. The monoisotopic (exact) mass is 602 g/mol. The SMILES string of the molecule is CC(C)(C)OC(=O)N1C[C@@H](CCCN)CC1(C)C.CC(C)(C)OC(=O)N1C[C@@H](CCCN)CC1(C)C.O=C(O)C(=O)O. The van der Waals surface area contributed by atoms with Crippen molar-refractivity contribution >= 4 is 24.1 Å². The highest BCUT2D eigenvalue weighted by atomic mass is 16.6. The average Bonchev–Trinajstić information content (AvgIpc) is 3.28. The number of hydrogen-bond acceptors (Lipinski definition) is 8. The van der Waals surface area contributed by atoms with E-state index in [0.29, 0.717) is 11.8 Å². The fourth-order valence-corrected chi connectivity index (χ4v) is 5.25. The maximum atomic E-state index is 12.2. The van der Waals surface area contributed by atoms with Crippen LogP contribution in [0.2, 0.25) is 0 Å². The molecule has 0 unspecified atom stereocenters. The van der Waals surface area contributed by atoms with E-state index in [0.717, 1.165) is 64.7 Å². The van der Waals surface area contributed by atoms with Gasteiger partial charge < -0.3 is 41.0 Å². The van der Waals surface area contributed by atoms with Crippen molar-refractivity contribution < 1.29 is 38.9 Å². The number of carboxylic acids is 2. The molecule has 2 amide bonds. The summed E-state index contributed by atoms with van der Waals surface area (Å²) in [6.45, 7) is 22.9. The van der Waals surface area contributed by atoms with Crippen molar-refractivity contribution in [3.63, 3.8) is 0 Å². The van der Waals surface area contributed by atoms with Gasteiger partial charge in [0, 0.05) is 24.2 Å². The Hall–Kier alpha value is -2.60. The minimum atomic E-state index is -1.82. The number of carbonyl (C=O) groups excluding carboxylic acids is 2. The lowest BCUT2D eigenvalue weighted by Gasteiger charge is -2.33. The van der Waals surface area contributed by atoms with Crippen LogP contribution in [0.4, 0.5) is 9.59 Å². The van der Waals surface area contributed by atoms with E-state index >= 15 is 0 Å². The fourth-order valence-electron chi connectivity index (χ4n) is 5.25. The summed E-state index contributed by atoms with van der Waals surface area (Å²) in [5.41, 5.74) is 10.0. The van der Waals surface area contributed by atoms with Crippen LogP contribution < -0.4 is 11.5 Å². The third kappa shape index (κ3) is 15.0. The highest BCUT2D eigenvalue weighted by molar-refractivity contribution is 6.27. The van der Waals surface area contributed by atoms with Crippen molar-refractivity contribution in [2.45, 2.75) is 130 Å². The molecule has 2 rings (SSSR count). The second kappa shape index (κ2) is 16.3. The van der Waals surface area contributed by atoms with Crippen LogP contribution in [0.5, 0.6) is 0 Å². The van der Waals surface area contributed by atoms with E-state index in [2.05, 4.69) is 27.7 Å². The smallest absolute Gasteiger partial charge is 0.414 e. The molecule has 12 heteroatoms. The lowest BCUT2D eigenvalue weighted by molar-refractivity contribution is -0.159. The van der Waals surface area contributed by atoms with Gasteiger partial charge in [0.2, 0.25) is 0 Å². The van der Waals surface area contributed by atoms with Gasteiger partial charge in [-0.05, 0) is 133 Å². The number of rotatable bonds is 6. The molecule has 2 saturated heterocycles. The number of hydrogen-bond donors (Lipinski definition) is 4. The first-order valence-corrected chi connectivity index (χ1v) is 14.8. The minimum absolute atomic E-state index is 0.110. The van der Waals surface area contributed by atoms with Crippen LogP contribution in [0.25, 0.3) is 0 Å². The van der Waals surface area contributed by atoms with E-state index in [1.807, 2.05) is 51.3 Å². The maximum Gasteiger partial charge on any atom is 0.414 e. The molecule has 0 aromatic rings. The van der Waals surface area contributed by atoms with Gasteiger partial charge in [0.25, 0.3) is 0 Å². The van der Waals surface area contributed by atoms with Gasteiger partial charge in [-0.3, -0.25) is 0 Å². The number of carbonyl (C=O) groups is 4. The first kappa shape index (κ1) is 39.4. The van der Waals surface area contributed by atoms with Crippen LogP contribution >= 0.6 is 0 Å². The lowest BCUT2D eigenvalue weighted by Crippen LogP contribution is -2.45. The van der Waals surface area contributed by atoms with Crippen LogP contribution in [-0.2, 0) is 19.1 Å². The van der Waals surface area contributed by atoms with Crippen LogP contribution in [0.3, 0.4) is 0 Å². The number of aliphatic carboxylic acids is 2. The quantitative estimate of drug-likeness (QED) is 0.311. The highest BCUT2D eigenvalue weighted by Crippen LogP contribution is 2.37. The molecule has 2 heterocycles. The Kier molecular flexibility index (Phi) is 15.3. The van der Waals surface area contributed by atoms with Gasteiger partial charge >= 0.3 is 24.1 Å². The first-order valence-electron chi connectivity index (χ1n) is 14.8. The third-order valence-electron chi connectivity index (χ3n) is 6.96. The number of nitrogens with two attached hydrogens (primary N) is 2. The van der Waals surface area contributed by atoms with Crippen LogP contribution in [0.15, 0.2) is 0 Å². The number of nitrogens with zero attached hydrogens (tertiary/aromatic N) is 2. The molecular formula is C30H58N4O8. The zero-order valence-electron chi connectivity index (χ0n) is 27.6. The Bertz CT molecular complexity index is 821. The molecular weight excluding hydrogens is 544 g/mol. The summed E-state index contributed by atoms with van der Waals surface area (Å²) in [4.78, 5) is 46.3. The molecule has 0 aliphatic carbocycles. The topological polar surface area (TPSA) is 186 Å². The molecule has 2 aliphatic rings. The van der Waals surface area contributed by atoms with Gasteiger partial charge in [-0.1, -0.05) is 0 Å². The van der Waals surface area contributed by atoms with Crippen molar-refractivity contribution in [3.8, 4) is 0 Å². The van der Waals surface area contributed by atoms with Gasteiger partial charge in [0.1, 0.15) is 11.2 Å². The van der Waals surface area contributed by atoms with E-state index in [1.165, 1.54) is 0 Å². The van der Waals surface area contributed by atoms with E-state index in [9.17, 15) is 9.59 Å². The van der Waals surface area contributed by atoms with Gasteiger partial charge in [-0.25, -0.2) is 19.2 Å². The van der Waals surface area contributed by atoms with Gasteiger partial charge in [-0.2, -0.15) is 0 Å². The number of ether oxygens (including phenoxy) is 2. The Labute approximate surface area is 252 Å². The molecule has 246 valence electrons. The number of carboxylic acid groups (broad SMARTS) is 2. The van der Waals surface area contributed by atoms with Crippen molar-refractivity contribution in [3.05, 3.63) is 0 Å². The van der Waals surface area contributed by atoms with Gasteiger partial charge in [0.05, 0.1) is 0 Å². The number of amides is 2. The fraction of sp³-hybridized carbons (Fsp3) is 0.867. The van der Waals surface area contributed by atoms with Gasteiger partial charge in [0.15, 0.2) is 0 Å². The largest absolute Gasteiger partial charge is 0.473 e. The first-order chi connectivity index (χ1) is 19.0. The Morgan fingerprint density at radius 1 is 0.690 bits per heavy atom. The number of likely N-dealkylation sites (tertiary alicyclic amines) is 2. The predicted molar refractivity (Wildman–Crippen MR) is 162 cm³/mol. The molecule has 2 fully saturated rings. The summed E-state index contributed by atoms with van der Waals surface area (Å²) in [7, 11) is 0. The second-order valence-corrected chi connectivity index (χ2v) is 14.4. The molecule has 2 atom stereocenters. The van der Waals surface area contributed by atoms with Crippen molar-refractivity contribution in [2.24, 2.45) is 23.3 Å². The van der Waals surface area contributed by atoms with Gasteiger partial charge in [-0.15, -0.1) is 0 Å². The summed E-state index contributed by atoms with van der Waals surface area (Å²) < 4.78 is 10.9. The van der Waals surface area contributed by atoms with Crippen LogP contribution in [0, 0.1) is 11.8 Å². The summed E-state index contributed by atoms with van der Waals surface area (Å²) in [6, 6.07) is 0. The molecule has 0 spiro atoms. The molecule has 0 aromatic carbocycles. The molecule has 0 saturated carbocycles. The average molecular weight is 603 g/mol. The van der Waals surface area contributed by atoms with Crippen molar-refractivity contribution in [1.82, 2.24) is 9.80 Å². The molecule has 6 N–H and O–H groups in total. The summed E-state index contributed by atoms with van der Waals surface area (Å²) in [5.74, 6) is -2.54. The third-order valence-corrected chi connectivity index (χ3v) is 6.96. The normalized spacial score (nSPS) is 21.0. The lowest BCUT2D eigenvalue weighted by atomic mass is 9.93. The summed E-state index contributed by atoms with van der Waals surface area (Å²) in [6.07, 6.45) is 5.94.